The highest BCUT2D eigenvalue weighted by Crippen LogP contribution is 2.01. The number of hydrogen-bond donors (Lipinski definition) is 0. The van der Waals surface area contributed by atoms with Crippen LogP contribution in [0.2, 0.25) is 0 Å². The Balaban J connectivity index is 2.89. The molecular weight excluding hydrogens is 218 g/mol. The van der Waals surface area contributed by atoms with E-state index >= 15 is 0 Å². The van der Waals surface area contributed by atoms with Crippen molar-refractivity contribution in [3.63, 3.8) is 0 Å². The van der Waals surface area contributed by atoms with Crippen molar-refractivity contribution in [1.29, 1.82) is 5.26 Å². The Hall–Kier alpha value is -2.61. The van der Waals surface area contributed by atoms with Crippen LogP contribution in [0.25, 0.3) is 5.69 Å². The summed E-state index contributed by atoms with van der Waals surface area (Å²) in [6.07, 6.45) is 1.24. The first-order chi connectivity index (χ1) is 8.15. The van der Waals surface area contributed by atoms with Crippen molar-refractivity contribution in [1.82, 2.24) is 9.13 Å². The zero-order valence-corrected chi connectivity index (χ0v) is 9.12. The fourth-order valence-corrected chi connectivity index (χ4v) is 1.55. The Morgan fingerprint density at radius 3 is 2.41 bits per heavy atom. The minimum Gasteiger partial charge on any atom is -0.302 e. The van der Waals surface area contributed by atoms with E-state index in [1.807, 2.05) is 0 Å². The average Bonchev–Trinajstić information content (AvgIpc) is 2.35. The summed E-state index contributed by atoms with van der Waals surface area (Å²) in [6.45, 7) is 0. The number of hydrogen-bond acceptors (Lipinski definition) is 3. The van der Waals surface area contributed by atoms with Crippen LogP contribution in [0.15, 0.2) is 46.1 Å². The molecule has 17 heavy (non-hydrogen) atoms. The molecule has 2 aromatic rings. The van der Waals surface area contributed by atoms with E-state index in [2.05, 4.69) is 0 Å². The lowest BCUT2D eigenvalue weighted by Gasteiger charge is -2.06. The summed E-state index contributed by atoms with van der Waals surface area (Å²) in [6, 6.07) is 10.3. The molecule has 0 saturated heterocycles. The predicted molar refractivity (Wildman–Crippen MR) is 62.0 cm³/mol. The number of nitriles is 1. The van der Waals surface area contributed by atoms with Gasteiger partial charge in [-0.2, -0.15) is 5.26 Å². The molecule has 0 bridgehead atoms. The molecule has 0 N–H and O–H groups in total. The van der Waals surface area contributed by atoms with E-state index in [9.17, 15) is 9.59 Å². The van der Waals surface area contributed by atoms with Gasteiger partial charge in [-0.1, -0.05) is 18.2 Å². The molecule has 5 heteroatoms. The molecule has 1 heterocycles. The molecule has 1 aromatic heterocycles. The Morgan fingerprint density at radius 2 is 1.82 bits per heavy atom. The van der Waals surface area contributed by atoms with Gasteiger partial charge in [0, 0.05) is 13.2 Å². The molecule has 0 aliphatic heterocycles. The second-order valence-electron chi connectivity index (χ2n) is 3.52. The summed E-state index contributed by atoms with van der Waals surface area (Å²) in [7, 11) is 1.50. The van der Waals surface area contributed by atoms with Crippen LogP contribution in [-0.4, -0.2) is 9.13 Å². The molecule has 0 atom stereocenters. The summed E-state index contributed by atoms with van der Waals surface area (Å²) >= 11 is 0. The van der Waals surface area contributed by atoms with Crippen LogP contribution in [0.3, 0.4) is 0 Å². The fourth-order valence-electron chi connectivity index (χ4n) is 1.55. The van der Waals surface area contributed by atoms with Gasteiger partial charge in [-0.25, -0.2) is 9.36 Å². The lowest BCUT2D eigenvalue weighted by molar-refractivity contribution is 0.734. The smallest absolute Gasteiger partial charge is 0.302 e. The normalized spacial score (nSPS) is 9.88. The van der Waals surface area contributed by atoms with Crippen LogP contribution >= 0.6 is 0 Å². The number of rotatable bonds is 1. The molecule has 0 spiro atoms. The van der Waals surface area contributed by atoms with Gasteiger partial charge in [-0.05, 0) is 12.1 Å². The topological polar surface area (TPSA) is 67.8 Å². The van der Waals surface area contributed by atoms with E-state index in [1.54, 1.807) is 36.4 Å². The largest absolute Gasteiger partial charge is 0.335 e. The van der Waals surface area contributed by atoms with Crippen LogP contribution in [0.4, 0.5) is 0 Å². The first-order valence-electron chi connectivity index (χ1n) is 4.93. The number of nitrogens with zero attached hydrogens (tertiary/aromatic N) is 3. The van der Waals surface area contributed by atoms with Gasteiger partial charge in [-0.15, -0.1) is 0 Å². The number of benzene rings is 1. The van der Waals surface area contributed by atoms with Crippen LogP contribution in [-0.2, 0) is 7.05 Å². The minimum absolute atomic E-state index is 0.0593. The summed E-state index contributed by atoms with van der Waals surface area (Å²) in [5, 5.41) is 8.83. The summed E-state index contributed by atoms with van der Waals surface area (Å²) < 4.78 is 2.20. The third kappa shape index (κ3) is 1.76. The molecular formula is C12H9N3O2. The highest BCUT2D eigenvalue weighted by atomic mass is 16.2. The van der Waals surface area contributed by atoms with Gasteiger partial charge < -0.3 is 4.57 Å². The number of aryl methyl sites for hydroxylation is 1. The maximum absolute atomic E-state index is 11.9. The van der Waals surface area contributed by atoms with E-state index in [0.29, 0.717) is 5.69 Å². The highest BCUT2D eigenvalue weighted by Gasteiger charge is 2.10. The van der Waals surface area contributed by atoms with E-state index in [-0.39, 0.29) is 5.56 Å². The lowest BCUT2D eigenvalue weighted by Crippen LogP contribution is -2.38. The van der Waals surface area contributed by atoms with Crippen molar-refractivity contribution in [2.75, 3.05) is 0 Å². The van der Waals surface area contributed by atoms with Gasteiger partial charge in [0.2, 0.25) is 0 Å². The van der Waals surface area contributed by atoms with Crippen molar-refractivity contribution in [3.05, 3.63) is 62.9 Å². The summed E-state index contributed by atoms with van der Waals surface area (Å²) in [4.78, 5) is 23.8. The van der Waals surface area contributed by atoms with Gasteiger partial charge in [0.05, 0.1) is 5.69 Å². The average molecular weight is 227 g/mol. The first-order valence-corrected chi connectivity index (χ1v) is 4.93. The summed E-state index contributed by atoms with van der Waals surface area (Å²) in [5.41, 5.74) is -0.673. The third-order valence-electron chi connectivity index (χ3n) is 2.38. The molecule has 0 aliphatic carbocycles. The highest BCUT2D eigenvalue weighted by molar-refractivity contribution is 5.34. The van der Waals surface area contributed by atoms with Gasteiger partial charge in [0.1, 0.15) is 11.6 Å². The van der Waals surface area contributed by atoms with Crippen LogP contribution < -0.4 is 11.2 Å². The third-order valence-corrected chi connectivity index (χ3v) is 2.38. The summed E-state index contributed by atoms with van der Waals surface area (Å²) in [5.74, 6) is 0. The molecule has 0 unspecified atom stereocenters. The van der Waals surface area contributed by atoms with Crippen molar-refractivity contribution >= 4 is 0 Å². The van der Waals surface area contributed by atoms with Crippen molar-refractivity contribution in [3.8, 4) is 11.8 Å². The van der Waals surface area contributed by atoms with Crippen molar-refractivity contribution < 1.29 is 0 Å². The van der Waals surface area contributed by atoms with Crippen molar-refractivity contribution in [2.24, 2.45) is 7.05 Å². The molecule has 5 nitrogen and oxygen atoms in total. The number of aromatic nitrogens is 2. The fraction of sp³-hybridized carbons (Fsp3) is 0.0833. The molecule has 0 aliphatic rings. The molecule has 0 radical (unpaired) electrons. The van der Waals surface area contributed by atoms with E-state index in [4.69, 9.17) is 5.26 Å². The zero-order chi connectivity index (χ0) is 12.4. The molecule has 2 rings (SSSR count). The second kappa shape index (κ2) is 4.10. The van der Waals surface area contributed by atoms with Gasteiger partial charge >= 0.3 is 5.69 Å². The lowest BCUT2D eigenvalue weighted by atomic mass is 10.3. The monoisotopic (exact) mass is 227 g/mol. The Morgan fingerprint density at radius 1 is 1.18 bits per heavy atom. The van der Waals surface area contributed by atoms with Gasteiger partial charge in [0.25, 0.3) is 5.56 Å². The molecule has 1 aromatic carbocycles. The maximum Gasteiger partial charge on any atom is 0.335 e. The quantitative estimate of drug-likeness (QED) is 0.708. The SMILES string of the molecule is Cn1cc(C#N)c(=O)n(-c2ccccc2)c1=O. The van der Waals surface area contributed by atoms with Gasteiger partial charge in [-0.3, -0.25) is 4.79 Å². The molecule has 0 fully saturated rings. The van der Waals surface area contributed by atoms with Crippen molar-refractivity contribution in [2.45, 2.75) is 0 Å². The molecule has 0 saturated carbocycles. The standard InChI is InChI=1S/C12H9N3O2/c1-14-8-9(7-13)11(16)15(12(14)17)10-5-3-2-4-6-10/h2-6,8H,1H3. The van der Waals surface area contributed by atoms with E-state index in [1.165, 1.54) is 17.8 Å². The first kappa shape index (κ1) is 10.9. The van der Waals surface area contributed by atoms with E-state index < -0.39 is 11.2 Å². The zero-order valence-electron chi connectivity index (χ0n) is 9.12. The number of para-hydroxylation sites is 1. The minimum atomic E-state index is -0.596. The molecule has 84 valence electrons. The Kier molecular flexibility index (Phi) is 2.63. The van der Waals surface area contributed by atoms with Crippen LogP contribution in [0.1, 0.15) is 5.56 Å². The van der Waals surface area contributed by atoms with Gasteiger partial charge in [0.15, 0.2) is 0 Å². The Bertz CT molecular complexity index is 705. The molecule has 0 amide bonds. The Labute approximate surface area is 96.8 Å². The maximum atomic E-state index is 11.9. The van der Waals surface area contributed by atoms with Crippen LogP contribution in [0, 0.1) is 11.3 Å². The predicted octanol–water partition coefficient (Wildman–Crippen LogP) is 0.408. The van der Waals surface area contributed by atoms with Crippen LogP contribution in [0.5, 0.6) is 0 Å². The second-order valence-corrected chi connectivity index (χ2v) is 3.52. The van der Waals surface area contributed by atoms with E-state index in [0.717, 1.165) is 4.57 Å².